The van der Waals surface area contributed by atoms with Gasteiger partial charge in [0.25, 0.3) is 0 Å². The number of fused-ring (bicyclic) bond motifs is 2. The van der Waals surface area contributed by atoms with Crippen molar-refractivity contribution in [3.05, 3.63) is 40.4 Å². The van der Waals surface area contributed by atoms with Crippen LogP contribution in [0.2, 0.25) is 16.6 Å². The largest absolute Gasteiger partial charge is 0.490 e. The van der Waals surface area contributed by atoms with Crippen LogP contribution in [0.25, 0.3) is 21.9 Å². The molecule has 0 atom stereocenters. The molecule has 3 aromatic rings. The van der Waals surface area contributed by atoms with Gasteiger partial charge in [0, 0.05) is 22.9 Å². The predicted octanol–water partition coefficient (Wildman–Crippen LogP) is 6.12. The maximum absolute atomic E-state index is 11.6. The summed E-state index contributed by atoms with van der Waals surface area (Å²) in [5.41, 5.74) is 5.86. The fourth-order valence-electron chi connectivity index (χ4n) is 4.53. The first-order chi connectivity index (χ1) is 13.2. The molecule has 0 unspecified atom stereocenters. The lowest BCUT2D eigenvalue weighted by Gasteiger charge is -2.37. The van der Waals surface area contributed by atoms with Crippen molar-refractivity contribution < 1.29 is 13.6 Å². The Balaban J connectivity index is 2.20. The summed E-state index contributed by atoms with van der Waals surface area (Å²) in [5.74, 6) is 4.38. The van der Waals surface area contributed by atoms with Gasteiger partial charge in [0.2, 0.25) is 5.75 Å². The SMILES string of the molecule is COc1c2oc(C#C[Si](C(C)C)(C(C)C)C(C)C)cc2cc2ccc(=O)oc12. The Morgan fingerprint density at radius 2 is 1.50 bits per heavy atom. The third kappa shape index (κ3) is 3.27. The minimum absolute atomic E-state index is 0.395. The molecule has 2 aromatic heterocycles. The molecule has 0 aliphatic heterocycles. The van der Waals surface area contributed by atoms with Crippen molar-refractivity contribution in [2.75, 3.05) is 7.11 Å². The van der Waals surface area contributed by atoms with Crippen molar-refractivity contribution in [3.8, 4) is 17.2 Å². The average Bonchev–Trinajstić information content (AvgIpc) is 3.01. The monoisotopic (exact) mass is 396 g/mol. The van der Waals surface area contributed by atoms with Crippen LogP contribution >= 0.6 is 0 Å². The molecule has 4 nitrogen and oxygen atoms in total. The molecule has 0 aliphatic rings. The van der Waals surface area contributed by atoms with Crippen molar-refractivity contribution >= 4 is 30.0 Å². The van der Waals surface area contributed by atoms with Gasteiger partial charge in [-0.1, -0.05) is 41.5 Å². The van der Waals surface area contributed by atoms with Crippen LogP contribution in [0.15, 0.2) is 37.9 Å². The molecular weight excluding hydrogens is 368 g/mol. The summed E-state index contributed by atoms with van der Waals surface area (Å²) in [6.45, 7) is 13.7. The molecule has 2 heterocycles. The lowest BCUT2D eigenvalue weighted by atomic mass is 10.1. The van der Waals surface area contributed by atoms with E-state index >= 15 is 0 Å². The van der Waals surface area contributed by atoms with Gasteiger partial charge >= 0.3 is 5.63 Å². The Morgan fingerprint density at radius 1 is 0.893 bits per heavy atom. The highest BCUT2D eigenvalue weighted by atomic mass is 28.3. The van der Waals surface area contributed by atoms with Gasteiger partial charge < -0.3 is 13.6 Å². The summed E-state index contributed by atoms with van der Waals surface area (Å²) in [6.07, 6.45) is 0. The second kappa shape index (κ2) is 7.52. The zero-order valence-corrected chi connectivity index (χ0v) is 18.7. The molecule has 0 aliphatic carbocycles. The normalized spacial score (nSPS) is 12.2. The summed E-state index contributed by atoms with van der Waals surface area (Å²) < 4.78 is 16.9. The molecule has 0 saturated heterocycles. The summed E-state index contributed by atoms with van der Waals surface area (Å²) in [4.78, 5) is 11.6. The highest BCUT2D eigenvalue weighted by Crippen LogP contribution is 2.41. The summed E-state index contributed by atoms with van der Waals surface area (Å²) in [7, 11) is -0.304. The Bertz CT molecular complexity index is 1100. The molecule has 3 rings (SSSR count). The summed E-state index contributed by atoms with van der Waals surface area (Å²) in [5, 5.41) is 1.67. The minimum atomic E-state index is -1.85. The first-order valence-corrected chi connectivity index (χ1v) is 12.0. The second-order valence-corrected chi connectivity index (χ2v) is 13.8. The molecule has 0 fully saturated rings. The maximum Gasteiger partial charge on any atom is 0.336 e. The van der Waals surface area contributed by atoms with E-state index in [1.165, 1.54) is 6.07 Å². The van der Waals surface area contributed by atoms with Crippen LogP contribution in [0.4, 0.5) is 0 Å². The van der Waals surface area contributed by atoms with E-state index in [2.05, 4.69) is 53.0 Å². The van der Waals surface area contributed by atoms with E-state index in [0.29, 0.717) is 39.3 Å². The van der Waals surface area contributed by atoms with E-state index in [1.807, 2.05) is 12.1 Å². The van der Waals surface area contributed by atoms with Crippen LogP contribution in [0.3, 0.4) is 0 Å². The number of hydrogen-bond acceptors (Lipinski definition) is 4. The van der Waals surface area contributed by atoms with Crippen LogP contribution in [-0.4, -0.2) is 15.2 Å². The zero-order valence-electron chi connectivity index (χ0n) is 17.7. The average molecular weight is 397 g/mol. The Labute approximate surface area is 166 Å². The van der Waals surface area contributed by atoms with Gasteiger partial charge in [-0.25, -0.2) is 4.79 Å². The topological polar surface area (TPSA) is 52.6 Å². The van der Waals surface area contributed by atoms with Gasteiger partial charge in [-0.2, -0.15) is 0 Å². The fraction of sp³-hybridized carbons (Fsp3) is 0.435. The van der Waals surface area contributed by atoms with Gasteiger partial charge in [0.05, 0.1) is 7.11 Å². The molecular formula is C23H28O4Si. The first kappa shape index (κ1) is 20.3. The molecule has 0 saturated carbocycles. The van der Waals surface area contributed by atoms with E-state index in [-0.39, 0.29) is 0 Å². The quantitative estimate of drug-likeness (QED) is 0.303. The zero-order chi connectivity index (χ0) is 20.6. The van der Waals surface area contributed by atoms with E-state index in [0.717, 1.165) is 10.8 Å². The van der Waals surface area contributed by atoms with Crippen molar-refractivity contribution in [2.24, 2.45) is 0 Å². The molecule has 28 heavy (non-hydrogen) atoms. The number of furan rings is 1. The summed E-state index contributed by atoms with van der Waals surface area (Å²) >= 11 is 0. The number of hydrogen-bond donors (Lipinski definition) is 0. The number of benzene rings is 1. The Kier molecular flexibility index (Phi) is 5.45. The number of rotatable bonds is 4. The first-order valence-electron chi connectivity index (χ1n) is 9.78. The van der Waals surface area contributed by atoms with Crippen LogP contribution < -0.4 is 10.4 Å². The van der Waals surface area contributed by atoms with Gasteiger partial charge in [0.15, 0.2) is 16.9 Å². The molecule has 0 bridgehead atoms. The van der Waals surface area contributed by atoms with Crippen molar-refractivity contribution in [1.82, 2.24) is 0 Å². The highest BCUT2D eigenvalue weighted by Gasteiger charge is 2.41. The van der Waals surface area contributed by atoms with Crippen molar-refractivity contribution in [2.45, 2.75) is 58.2 Å². The molecule has 1 aromatic carbocycles. The Hall–Kier alpha value is -2.45. The molecule has 0 radical (unpaired) electrons. The van der Waals surface area contributed by atoms with E-state index in [1.54, 1.807) is 13.2 Å². The minimum Gasteiger partial charge on any atom is -0.490 e. The summed E-state index contributed by atoms with van der Waals surface area (Å²) in [6, 6.07) is 7.01. The lowest BCUT2D eigenvalue weighted by Crippen LogP contribution is -2.43. The van der Waals surface area contributed by atoms with E-state index in [9.17, 15) is 4.79 Å². The highest BCUT2D eigenvalue weighted by molar-refractivity contribution is 6.90. The smallest absolute Gasteiger partial charge is 0.336 e. The molecule has 0 amide bonds. The van der Waals surface area contributed by atoms with Gasteiger partial charge in [-0.15, -0.1) is 5.54 Å². The lowest BCUT2D eigenvalue weighted by molar-refractivity contribution is 0.402. The third-order valence-electron chi connectivity index (χ3n) is 5.82. The molecule has 0 N–H and O–H groups in total. The van der Waals surface area contributed by atoms with E-state index < -0.39 is 13.7 Å². The standard InChI is InChI=1S/C23H28O4Si/c1-14(2)28(15(3)4,16(5)6)11-10-19-13-18-12-17-8-9-20(24)27-21(17)23(25-7)22(18)26-19/h8-9,12-16H,1-7H3. The molecule has 148 valence electrons. The van der Waals surface area contributed by atoms with Crippen LogP contribution in [-0.2, 0) is 0 Å². The van der Waals surface area contributed by atoms with Gasteiger partial charge in [-0.3, -0.25) is 0 Å². The fourth-order valence-corrected chi connectivity index (χ4v) is 9.73. The van der Waals surface area contributed by atoms with Gasteiger partial charge in [-0.05, 0) is 34.7 Å². The third-order valence-corrected chi connectivity index (χ3v) is 12.1. The molecule has 0 spiro atoms. The number of ether oxygens (including phenoxy) is 1. The maximum atomic E-state index is 11.6. The Morgan fingerprint density at radius 3 is 2.07 bits per heavy atom. The number of methoxy groups -OCH3 is 1. The van der Waals surface area contributed by atoms with Gasteiger partial charge in [0.1, 0.15) is 8.07 Å². The second-order valence-electron chi connectivity index (χ2n) is 8.26. The predicted molar refractivity (Wildman–Crippen MR) is 117 cm³/mol. The van der Waals surface area contributed by atoms with Crippen molar-refractivity contribution in [3.63, 3.8) is 0 Å². The van der Waals surface area contributed by atoms with Crippen LogP contribution in [0.1, 0.15) is 47.3 Å². The van der Waals surface area contributed by atoms with E-state index in [4.69, 9.17) is 13.6 Å². The van der Waals surface area contributed by atoms with Crippen molar-refractivity contribution in [1.29, 1.82) is 0 Å². The molecule has 5 heteroatoms. The van der Waals surface area contributed by atoms with Crippen LogP contribution in [0.5, 0.6) is 5.75 Å². The van der Waals surface area contributed by atoms with Crippen LogP contribution in [0, 0.1) is 11.5 Å².